The second-order valence-corrected chi connectivity index (χ2v) is 17.3. The number of hydrogen-bond acceptors (Lipinski definition) is 2. The molecule has 2 heteroatoms. The van der Waals surface area contributed by atoms with Crippen molar-refractivity contribution in [2.75, 3.05) is 4.90 Å². The molecule has 0 spiro atoms. The second-order valence-electron chi connectivity index (χ2n) is 16.2. The van der Waals surface area contributed by atoms with Crippen LogP contribution in [0.2, 0.25) is 0 Å². The van der Waals surface area contributed by atoms with Crippen LogP contribution in [0, 0.1) is 0 Å². The van der Waals surface area contributed by atoms with Crippen LogP contribution in [0.15, 0.2) is 140 Å². The summed E-state index contributed by atoms with van der Waals surface area (Å²) in [5.74, 6) is 0. The van der Waals surface area contributed by atoms with Crippen molar-refractivity contribution in [2.45, 2.75) is 57.8 Å². The molecule has 10 rings (SSSR count). The summed E-state index contributed by atoms with van der Waals surface area (Å²) in [4.78, 5) is 2.44. The molecular weight excluding hydrogens is 635 g/mol. The monoisotopic (exact) mass is 675 g/mol. The van der Waals surface area contributed by atoms with Crippen LogP contribution in [0.5, 0.6) is 0 Å². The third-order valence-electron chi connectivity index (χ3n) is 12.8. The van der Waals surface area contributed by atoms with E-state index in [2.05, 4.69) is 186 Å². The van der Waals surface area contributed by atoms with E-state index < -0.39 is 0 Å². The van der Waals surface area contributed by atoms with E-state index in [1.807, 2.05) is 11.3 Å². The largest absolute Gasteiger partial charge is 0.310 e. The van der Waals surface area contributed by atoms with Gasteiger partial charge < -0.3 is 4.90 Å². The normalized spacial score (nSPS) is 16.1. The highest BCUT2D eigenvalue weighted by Gasteiger charge is 2.46. The molecule has 0 N–H and O–H groups in total. The predicted molar refractivity (Wildman–Crippen MR) is 221 cm³/mol. The van der Waals surface area contributed by atoms with E-state index in [-0.39, 0.29) is 16.2 Å². The van der Waals surface area contributed by atoms with E-state index >= 15 is 0 Å². The zero-order chi connectivity index (χ0) is 34.9. The minimum Gasteiger partial charge on any atom is -0.310 e. The number of anilines is 3. The molecule has 0 radical (unpaired) electrons. The minimum atomic E-state index is -0.0680. The maximum Gasteiger partial charge on any atom is 0.0468 e. The summed E-state index contributed by atoms with van der Waals surface area (Å²) >= 11 is 1.92. The summed E-state index contributed by atoms with van der Waals surface area (Å²) in [5, 5.41) is 5.32. The molecule has 0 fully saturated rings. The molecule has 0 bridgehead atoms. The van der Waals surface area contributed by atoms with Crippen LogP contribution in [0.3, 0.4) is 0 Å². The molecule has 0 saturated carbocycles. The molecule has 2 aliphatic rings. The van der Waals surface area contributed by atoms with Crippen LogP contribution in [-0.4, -0.2) is 0 Å². The van der Waals surface area contributed by atoms with Gasteiger partial charge in [0.25, 0.3) is 0 Å². The first-order valence-electron chi connectivity index (χ1n) is 18.2. The fourth-order valence-electron chi connectivity index (χ4n) is 9.29. The SMILES string of the molecule is CC1(C)c2ccccc2-c2ccc(N(c3ccccc3)c3ccc4sc5cc6c(cc5c4c3)C(C)(C)C(C)(C)c3ccc4ccccc4c3-6)cc21. The molecule has 0 atom stereocenters. The highest BCUT2D eigenvalue weighted by Crippen LogP contribution is 2.57. The Morgan fingerprint density at radius 2 is 1.08 bits per heavy atom. The molecule has 1 heterocycles. The Hall–Kier alpha value is -5.18. The van der Waals surface area contributed by atoms with Gasteiger partial charge in [-0.25, -0.2) is 0 Å². The molecule has 1 nitrogen and oxygen atoms in total. The van der Waals surface area contributed by atoms with Gasteiger partial charge in [0.1, 0.15) is 0 Å². The van der Waals surface area contributed by atoms with Crippen LogP contribution in [-0.2, 0) is 16.2 Å². The second kappa shape index (κ2) is 10.4. The van der Waals surface area contributed by atoms with Crippen LogP contribution >= 0.6 is 11.3 Å². The number of para-hydroxylation sites is 1. The molecular formula is C49H41NS. The maximum absolute atomic E-state index is 2.54. The van der Waals surface area contributed by atoms with Gasteiger partial charge in [0, 0.05) is 42.6 Å². The molecule has 248 valence electrons. The quantitative estimate of drug-likeness (QED) is 0.180. The summed E-state index contributed by atoms with van der Waals surface area (Å²) in [5.41, 5.74) is 14.5. The van der Waals surface area contributed by atoms with Crippen molar-refractivity contribution in [3.8, 4) is 22.3 Å². The fourth-order valence-corrected chi connectivity index (χ4v) is 10.4. The summed E-state index contributed by atoms with van der Waals surface area (Å²) in [7, 11) is 0. The first-order chi connectivity index (χ1) is 24.6. The Morgan fingerprint density at radius 3 is 1.92 bits per heavy atom. The Kier molecular flexibility index (Phi) is 6.27. The smallest absolute Gasteiger partial charge is 0.0468 e. The Labute approximate surface area is 304 Å². The van der Waals surface area contributed by atoms with E-state index in [9.17, 15) is 0 Å². The molecule has 51 heavy (non-hydrogen) atoms. The van der Waals surface area contributed by atoms with Crippen LogP contribution in [0.1, 0.15) is 63.8 Å². The lowest BCUT2D eigenvalue weighted by Gasteiger charge is -2.48. The number of thiophene rings is 1. The molecule has 1 aromatic heterocycles. The van der Waals surface area contributed by atoms with Gasteiger partial charge in [-0.05, 0) is 121 Å². The van der Waals surface area contributed by atoms with E-state index in [1.54, 1.807) is 0 Å². The van der Waals surface area contributed by atoms with Crippen LogP contribution in [0.25, 0.3) is 53.2 Å². The van der Waals surface area contributed by atoms with Crippen molar-refractivity contribution >= 4 is 59.3 Å². The van der Waals surface area contributed by atoms with E-state index in [4.69, 9.17) is 0 Å². The topological polar surface area (TPSA) is 3.24 Å². The summed E-state index contributed by atoms with van der Waals surface area (Å²) in [6.45, 7) is 14.5. The van der Waals surface area contributed by atoms with Gasteiger partial charge in [-0.15, -0.1) is 11.3 Å². The van der Waals surface area contributed by atoms with Gasteiger partial charge in [-0.3, -0.25) is 0 Å². The van der Waals surface area contributed by atoms with Crippen LogP contribution in [0.4, 0.5) is 17.1 Å². The summed E-state index contributed by atoms with van der Waals surface area (Å²) in [6.07, 6.45) is 0. The highest BCUT2D eigenvalue weighted by atomic mass is 32.1. The first kappa shape index (κ1) is 30.6. The number of rotatable bonds is 3. The molecule has 0 amide bonds. The fraction of sp³-hybridized carbons (Fsp3) is 0.184. The first-order valence-corrected chi connectivity index (χ1v) is 19.0. The molecule has 7 aromatic carbocycles. The average Bonchev–Trinajstić information content (AvgIpc) is 3.61. The van der Waals surface area contributed by atoms with E-state index in [0.29, 0.717) is 0 Å². The zero-order valence-electron chi connectivity index (χ0n) is 30.1. The lowest BCUT2D eigenvalue weighted by Crippen LogP contribution is -2.43. The highest BCUT2D eigenvalue weighted by molar-refractivity contribution is 7.25. The molecule has 0 unspecified atom stereocenters. The standard InChI is InChI=1S/C49H41NS/c1-47(2)40-19-13-12-18-35(40)36-23-21-33(27-42(36)47)50(31-15-8-7-9-16-31)32-22-25-44-37(26-32)38-28-43-39(29-45(38)51-44)46-34-17-11-10-14-30(34)20-24-41(46)48(3,4)49(43,5)6/h7-29H,1-6H3. The van der Waals surface area contributed by atoms with Gasteiger partial charge >= 0.3 is 0 Å². The van der Waals surface area contributed by atoms with Crippen molar-refractivity contribution in [2.24, 2.45) is 0 Å². The summed E-state index contributed by atoms with van der Waals surface area (Å²) in [6, 6.07) is 52.6. The zero-order valence-corrected chi connectivity index (χ0v) is 31.0. The van der Waals surface area contributed by atoms with Crippen molar-refractivity contribution < 1.29 is 0 Å². The van der Waals surface area contributed by atoms with Gasteiger partial charge in [0.15, 0.2) is 0 Å². The van der Waals surface area contributed by atoms with Crippen molar-refractivity contribution in [3.63, 3.8) is 0 Å². The Balaban J connectivity index is 1.18. The summed E-state index contributed by atoms with van der Waals surface area (Å²) < 4.78 is 2.67. The lowest BCUT2D eigenvalue weighted by molar-refractivity contribution is 0.299. The molecule has 0 saturated heterocycles. The van der Waals surface area contributed by atoms with E-state index in [1.165, 1.54) is 86.8 Å². The van der Waals surface area contributed by atoms with Crippen LogP contribution < -0.4 is 4.90 Å². The number of hydrogen-bond donors (Lipinski definition) is 0. The van der Waals surface area contributed by atoms with Crippen molar-refractivity contribution in [1.29, 1.82) is 0 Å². The van der Waals surface area contributed by atoms with E-state index in [0.717, 1.165) is 5.69 Å². The van der Waals surface area contributed by atoms with Gasteiger partial charge in [-0.1, -0.05) is 126 Å². The maximum atomic E-state index is 2.54. The Bertz CT molecular complexity index is 2720. The lowest BCUT2D eigenvalue weighted by atomic mass is 9.55. The van der Waals surface area contributed by atoms with Crippen molar-refractivity contribution in [1.82, 2.24) is 0 Å². The van der Waals surface area contributed by atoms with Crippen molar-refractivity contribution in [3.05, 3.63) is 162 Å². The Morgan fingerprint density at radius 1 is 0.412 bits per heavy atom. The molecule has 8 aromatic rings. The average molecular weight is 676 g/mol. The predicted octanol–water partition coefficient (Wildman–Crippen LogP) is 14.2. The van der Waals surface area contributed by atoms with Gasteiger partial charge in [0.05, 0.1) is 0 Å². The van der Waals surface area contributed by atoms with Gasteiger partial charge in [-0.2, -0.15) is 0 Å². The minimum absolute atomic E-state index is 0.0465. The third-order valence-corrected chi connectivity index (χ3v) is 13.9. The third kappa shape index (κ3) is 4.14. The number of fused-ring (bicyclic) bond motifs is 11. The van der Waals surface area contributed by atoms with Gasteiger partial charge in [0.2, 0.25) is 0 Å². The molecule has 2 aliphatic carbocycles. The number of nitrogens with zero attached hydrogens (tertiary/aromatic N) is 1. The molecule has 0 aliphatic heterocycles. The number of benzene rings is 7.